The van der Waals surface area contributed by atoms with Crippen LogP contribution in [0.4, 0.5) is 0 Å². The maximum absolute atomic E-state index is 4.57. The summed E-state index contributed by atoms with van der Waals surface area (Å²) in [5, 5.41) is 13.8. The van der Waals surface area contributed by atoms with Gasteiger partial charge >= 0.3 is 0 Å². The number of H-pyrrole nitrogens is 1. The Kier molecular flexibility index (Phi) is 1.94. The van der Waals surface area contributed by atoms with Gasteiger partial charge in [0.1, 0.15) is 5.69 Å². The minimum absolute atomic E-state index is 0.573. The lowest BCUT2D eigenvalue weighted by molar-refractivity contribution is 0.668. The monoisotopic (exact) mass is 201 g/mol. The van der Waals surface area contributed by atoms with Crippen LogP contribution in [0.1, 0.15) is 24.1 Å². The van der Waals surface area contributed by atoms with Crippen molar-refractivity contribution >= 4 is 0 Å². The minimum Gasteiger partial charge on any atom is -0.249 e. The Morgan fingerprint density at radius 1 is 1.13 bits per heavy atom. The van der Waals surface area contributed by atoms with Crippen LogP contribution in [-0.2, 0) is 12.8 Å². The van der Waals surface area contributed by atoms with Gasteiger partial charge in [-0.3, -0.25) is 0 Å². The fourth-order valence-corrected chi connectivity index (χ4v) is 1.98. The van der Waals surface area contributed by atoms with E-state index in [1.54, 1.807) is 0 Å². The number of aromatic amines is 1. The zero-order chi connectivity index (χ0) is 10.1. The number of hydrogen-bond donors (Lipinski definition) is 1. The molecule has 15 heavy (non-hydrogen) atoms. The summed E-state index contributed by atoms with van der Waals surface area (Å²) in [7, 11) is 0. The number of pyridine rings is 1. The van der Waals surface area contributed by atoms with Crippen LogP contribution in [0.2, 0.25) is 0 Å². The first-order chi connectivity index (χ1) is 7.43. The van der Waals surface area contributed by atoms with Crippen molar-refractivity contribution in [2.24, 2.45) is 0 Å². The average Bonchev–Trinajstić information content (AvgIpc) is 2.82. The molecule has 0 unspecified atom stereocenters. The van der Waals surface area contributed by atoms with Gasteiger partial charge in [0.25, 0.3) is 0 Å². The van der Waals surface area contributed by atoms with Gasteiger partial charge in [0.15, 0.2) is 0 Å². The third kappa shape index (κ3) is 1.49. The number of aromatic nitrogens is 5. The first kappa shape index (κ1) is 8.52. The maximum atomic E-state index is 4.57. The molecule has 0 fully saturated rings. The fourth-order valence-electron chi connectivity index (χ4n) is 1.98. The summed E-state index contributed by atoms with van der Waals surface area (Å²) in [5.74, 6) is 0.573. The van der Waals surface area contributed by atoms with E-state index in [-0.39, 0.29) is 0 Å². The van der Waals surface area contributed by atoms with E-state index in [1.165, 1.54) is 24.1 Å². The largest absolute Gasteiger partial charge is 0.249 e. The van der Waals surface area contributed by atoms with Crippen LogP contribution in [0, 0.1) is 0 Å². The van der Waals surface area contributed by atoms with Gasteiger partial charge in [0.05, 0.1) is 0 Å². The Bertz CT molecular complexity index is 463. The Morgan fingerprint density at radius 3 is 2.93 bits per heavy atom. The van der Waals surface area contributed by atoms with E-state index < -0.39 is 0 Å². The van der Waals surface area contributed by atoms with Crippen LogP contribution in [0.5, 0.6) is 0 Å². The lowest BCUT2D eigenvalue weighted by atomic mass is 9.96. The number of rotatable bonds is 1. The molecule has 0 radical (unpaired) electrons. The van der Waals surface area contributed by atoms with Crippen LogP contribution in [0.25, 0.3) is 11.5 Å². The molecule has 5 nitrogen and oxygen atoms in total. The SMILES string of the molecule is c1cc2c(nc1-c1nn[nH]n1)CCCC2. The Hall–Kier alpha value is -1.78. The van der Waals surface area contributed by atoms with Crippen molar-refractivity contribution in [2.75, 3.05) is 0 Å². The molecule has 2 aromatic rings. The highest BCUT2D eigenvalue weighted by molar-refractivity contribution is 5.49. The maximum Gasteiger partial charge on any atom is 0.222 e. The highest BCUT2D eigenvalue weighted by Crippen LogP contribution is 2.21. The van der Waals surface area contributed by atoms with E-state index in [4.69, 9.17) is 0 Å². The van der Waals surface area contributed by atoms with E-state index in [0.29, 0.717) is 5.82 Å². The molecule has 1 aliphatic rings. The summed E-state index contributed by atoms with van der Waals surface area (Å²) in [6, 6.07) is 4.10. The summed E-state index contributed by atoms with van der Waals surface area (Å²) in [6.45, 7) is 0. The summed E-state index contributed by atoms with van der Waals surface area (Å²) >= 11 is 0. The van der Waals surface area contributed by atoms with E-state index in [9.17, 15) is 0 Å². The number of nitrogens with zero attached hydrogens (tertiary/aromatic N) is 4. The summed E-state index contributed by atoms with van der Waals surface area (Å²) in [6.07, 6.45) is 4.72. The van der Waals surface area contributed by atoms with Crippen molar-refractivity contribution in [3.05, 3.63) is 23.4 Å². The molecule has 0 spiro atoms. The van der Waals surface area contributed by atoms with Gasteiger partial charge in [0.2, 0.25) is 5.82 Å². The summed E-state index contributed by atoms with van der Waals surface area (Å²) in [5.41, 5.74) is 3.38. The molecular weight excluding hydrogens is 190 g/mol. The van der Waals surface area contributed by atoms with Gasteiger partial charge in [0, 0.05) is 5.69 Å². The first-order valence-corrected chi connectivity index (χ1v) is 5.16. The van der Waals surface area contributed by atoms with Gasteiger partial charge in [-0.15, -0.1) is 10.2 Å². The van der Waals surface area contributed by atoms with Crippen molar-refractivity contribution in [3.8, 4) is 11.5 Å². The first-order valence-electron chi connectivity index (χ1n) is 5.16. The van der Waals surface area contributed by atoms with Gasteiger partial charge in [-0.2, -0.15) is 5.21 Å². The molecular formula is C10H11N5. The molecule has 0 aromatic carbocycles. The van der Waals surface area contributed by atoms with Crippen molar-refractivity contribution in [1.29, 1.82) is 0 Å². The summed E-state index contributed by atoms with van der Waals surface area (Å²) < 4.78 is 0. The Labute approximate surface area is 86.9 Å². The van der Waals surface area contributed by atoms with Crippen LogP contribution in [0.3, 0.4) is 0 Å². The highest BCUT2D eigenvalue weighted by Gasteiger charge is 2.13. The molecule has 0 bridgehead atoms. The van der Waals surface area contributed by atoms with E-state index in [0.717, 1.165) is 18.5 Å². The molecule has 5 heteroatoms. The molecule has 3 rings (SSSR count). The van der Waals surface area contributed by atoms with Crippen LogP contribution < -0.4 is 0 Å². The van der Waals surface area contributed by atoms with Crippen LogP contribution in [0.15, 0.2) is 12.1 Å². The lowest BCUT2D eigenvalue weighted by Crippen LogP contribution is -2.05. The van der Waals surface area contributed by atoms with Gasteiger partial charge in [-0.25, -0.2) is 4.98 Å². The zero-order valence-corrected chi connectivity index (χ0v) is 8.27. The number of aryl methyl sites for hydroxylation is 2. The normalized spacial score (nSPS) is 14.9. The second-order valence-corrected chi connectivity index (χ2v) is 3.74. The fraction of sp³-hybridized carbons (Fsp3) is 0.400. The molecule has 2 aromatic heterocycles. The molecule has 1 N–H and O–H groups in total. The molecule has 0 amide bonds. The Morgan fingerprint density at radius 2 is 2.07 bits per heavy atom. The standard InChI is InChI=1S/C10H11N5/c1-2-4-8-7(3-1)5-6-9(11-8)10-12-14-15-13-10/h5-6H,1-4H2,(H,12,13,14,15). The number of hydrogen-bond acceptors (Lipinski definition) is 4. The molecule has 1 aliphatic carbocycles. The molecule has 0 saturated heterocycles. The molecule has 0 aliphatic heterocycles. The van der Waals surface area contributed by atoms with Crippen LogP contribution in [-0.4, -0.2) is 25.6 Å². The zero-order valence-electron chi connectivity index (χ0n) is 8.27. The molecule has 2 heterocycles. The number of fused-ring (bicyclic) bond motifs is 1. The minimum atomic E-state index is 0.573. The van der Waals surface area contributed by atoms with Gasteiger partial charge in [-0.1, -0.05) is 6.07 Å². The van der Waals surface area contributed by atoms with E-state index in [1.807, 2.05) is 6.07 Å². The predicted octanol–water partition coefficient (Wildman–Crippen LogP) is 1.14. The van der Waals surface area contributed by atoms with Gasteiger partial charge < -0.3 is 0 Å². The molecule has 76 valence electrons. The molecule has 0 saturated carbocycles. The quantitative estimate of drug-likeness (QED) is 0.751. The highest BCUT2D eigenvalue weighted by atomic mass is 15.5. The second-order valence-electron chi connectivity index (χ2n) is 3.74. The van der Waals surface area contributed by atoms with Gasteiger partial charge in [-0.05, 0) is 42.5 Å². The third-order valence-corrected chi connectivity index (χ3v) is 2.75. The summed E-state index contributed by atoms with van der Waals surface area (Å²) in [4.78, 5) is 4.57. The smallest absolute Gasteiger partial charge is 0.222 e. The average molecular weight is 201 g/mol. The van der Waals surface area contributed by atoms with Crippen molar-refractivity contribution < 1.29 is 0 Å². The van der Waals surface area contributed by atoms with E-state index in [2.05, 4.69) is 31.7 Å². The van der Waals surface area contributed by atoms with Crippen molar-refractivity contribution in [1.82, 2.24) is 25.6 Å². The van der Waals surface area contributed by atoms with Crippen molar-refractivity contribution in [3.63, 3.8) is 0 Å². The van der Waals surface area contributed by atoms with E-state index >= 15 is 0 Å². The predicted molar refractivity (Wildman–Crippen MR) is 54.1 cm³/mol. The third-order valence-electron chi connectivity index (χ3n) is 2.75. The van der Waals surface area contributed by atoms with Crippen molar-refractivity contribution in [2.45, 2.75) is 25.7 Å². The van der Waals surface area contributed by atoms with Crippen LogP contribution >= 0.6 is 0 Å². The number of tetrazole rings is 1. The molecule has 0 atom stereocenters. The topological polar surface area (TPSA) is 67.3 Å². The Balaban J connectivity index is 2.04. The second kappa shape index (κ2) is 3.42. The lowest BCUT2D eigenvalue weighted by Gasteiger charge is -2.14. The number of nitrogens with one attached hydrogen (secondary N) is 1.